The minimum absolute atomic E-state index is 0.138. The second kappa shape index (κ2) is 10.9. The predicted octanol–water partition coefficient (Wildman–Crippen LogP) is 4.97. The van der Waals surface area contributed by atoms with Crippen molar-refractivity contribution in [1.29, 1.82) is 0 Å². The number of nitrogens with two attached hydrogens (primary N) is 1. The van der Waals surface area contributed by atoms with Crippen molar-refractivity contribution in [1.82, 2.24) is 10.2 Å². The molecule has 3 N–H and O–H groups in total. The van der Waals surface area contributed by atoms with Crippen LogP contribution in [0.3, 0.4) is 0 Å². The Balaban J connectivity index is 1.90. The van der Waals surface area contributed by atoms with Crippen LogP contribution in [-0.4, -0.2) is 41.2 Å². The monoisotopic (exact) mass is 507 g/mol. The van der Waals surface area contributed by atoms with Gasteiger partial charge in [0, 0.05) is 17.5 Å². The van der Waals surface area contributed by atoms with E-state index in [1.54, 1.807) is 37.3 Å². The zero-order valence-electron chi connectivity index (χ0n) is 19.1. The summed E-state index contributed by atoms with van der Waals surface area (Å²) in [4.78, 5) is 42.1. The van der Waals surface area contributed by atoms with Crippen LogP contribution in [0.5, 0.6) is 0 Å². The summed E-state index contributed by atoms with van der Waals surface area (Å²) in [6.45, 7) is 2.16. The third-order valence-corrected chi connectivity index (χ3v) is 7.31. The molecule has 8 heteroatoms. The van der Waals surface area contributed by atoms with E-state index >= 15 is 0 Å². The Labute approximate surface area is 213 Å². The van der Waals surface area contributed by atoms with Crippen LogP contribution in [0, 0.1) is 5.92 Å². The van der Waals surface area contributed by atoms with E-state index in [0.29, 0.717) is 16.4 Å². The van der Waals surface area contributed by atoms with Crippen molar-refractivity contribution in [3.63, 3.8) is 0 Å². The molecular weight excluding hydrogens is 482 g/mol. The van der Waals surface area contributed by atoms with E-state index in [-0.39, 0.29) is 5.78 Å². The van der Waals surface area contributed by atoms with Crippen LogP contribution in [0.2, 0.25) is 5.02 Å². The van der Waals surface area contributed by atoms with E-state index in [1.165, 1.54) is 16.2 Å². The molecule has 1 aromatic heterocycles. The minimum atomic E-state index is -1.03. The van der Waals surface area contributed by atoms with Gasteiger partial charge in [-0.2, -0.15) is 0 Å². The number of thiophene rings is 1. The van der Waals surface area contributed by atoms with Crippen molar-refractivity contribution < 1.29 is 14.4 Å². The molecule has 35 heavy (non-hydrogen) atoms. The number of ketones is 1. The van der Waals surface area contributed by atoms with E-state index in [4.69, 9.17) is 17.3 Å². The maximum atomic E-state index is 13.9. The molecule has 2 heterocycles. The number of benzene rings is 2. The van der Waals surface area contributed by atoms with Crippen molar-refractivity contribution >= 4 is 46.7 Å². The van der Waals surface area contributed by atoms with Gasteiger partial charge in [0.05, 0.1) is 16.8 Å². The number of primary amides is 1. The van der Waals surface area contributed by atoms with Gasteiger partial charge in [0.1, 0.15) is 6.04 Å². The quantitative estimate of drug-likeness (QED) is 0.442. The van der Waals surface area contributed by atoms with Crippen molar-refractivity contribution in [3.05, 3.63) is 99.2 Å². The first-order chi connectivity index (χ1) is 16.9. The van der Waals surface area contributed by atoms with Crippen molar-refractivity contribution in [2.75, 3.05) is 6.54 Å². The number of amides is 3. The molecule has 2 aromatic carbocycles. The molecule has 4 rings (SSSR count). The summed E-state index contributed by atoms with van der Waals surface area (Å²) >= 11 is 7.46. The number of urea groups is 1. The maximum Gasteiger partial charge on any atom is 0.318 e. The Bertz CT molecular complexity index is 1210. The smallest absolute Gasteiger partial charge is 0.318 e. The number of nitrogens with one attached hydrogen (secondary N) is 1. The molecule has 3 amide bonds. The third kappa shape index (κ3) is 5.16. The summed E-state index contributed by atoms with van der Waals surface area (Å²) in [5.41, 5.74) is 7.54. The largest absolute Gasteiger partial charge is 0.368 e. The van der Waals surface area contributed by atoms with Crippen LogP contribution in [0.4, 0.5) is 4.79 Å². The topological polar surface area (TPSA) is 92.5 Å². The van der Waals surface area contributed by atoms with Gasteiger partial charge in [0.25, 0.3) is 0 Å². The van der Waals surface area contributed by atoms with Gasteiger partial charge in [-0.25, -0.2) is 4.79 Å². The zero-order chi connectivity index (χ0) is 24.9. The highest BCUT2D eigenvalue weighted by molar-refractivity contribution is 7.12. The fourth-order valence-corrected chi connectivity index (χ4v) is 5.56. The fraction of sp³-hybridized carbons (Fsp3) is 0.222. The van der Waals surface area contributed by atoms with Gasteiger partial charge in [-0.1, -0.05) is 72.3 Å². The number of halogens is 1. The molecule has 1 aliphatic rings. The standard InChI is InChI=1S/C27H26ClN3O3S/c1-2-30-27(34)31-20(15-10-17-7-4-3-5-8-17)23(25(32)21-9-6-16-35-21)22(24(31)26(29)33)18-11-13-19(28)14-12-18/h3-16,20,22-24H,2H2,1H3,(H2,29,33)(H,30,34). The summed E-state index contributed by atoms with van der Waals surface area (Å²) in [5, 5.41) is 5.16. The van der Waals surface area contributed by atoms with Gasteiger partial charge >= 0.3 is 6.03 Å². The molecule has 0 aliphatic carbocycles. The van der Waals surface area contributed by atoms with Crippen LogP contribution < -0.4 is 11.1 Å². The molecule has 3 aromatic rings. The lowest BCUT2D eigenvalue weighted by molar-refractivity contribution is -0.122. The van der Waals surface area contributed by atoms with E-state index < -0.39 is 35.9 Å². The molecule has 1 fully saturated rings. The number of nitrogens with zero attached hydrogens (tertiary/aromatic N) is 1. The van der Waals surface area contributed by atoms with Crippen molar-refractivity contribution in [3.8, 4) is 0 Å². The molecule has 0 saturated carbocycles. The van der Waals surface area contributed by atoms with Gasteiger partial charge in [-0.05, 0) is 41.6 Å². The molecule has 0 spiro atoms. The lowest BCUT2D eigenvalue weighted by atomic mass is 9.78. The van der Waals surface area contributed by atoms with Gasteiger partial charge in [0.15, 0.2) is 5.78 Å². The minimum Gasteiger partial charge on any atom is -0.368 e. The highest BCUT2D eigenvalue weighted by atomic mass is 35.5. The van der Waals surface area contributed by atoms with Gasteiger partial charge in [-0.3, -0.25) is 9.59 Å². The van der Waals surface area contributed by atoms with E-state index in [9.17, 15) is 14.4 Å². The number of carbonyl (C=O) groups is 3. The molecular formula is C27H26ClN3O3S. The Morgan fingerprint density at radius 2 is 1.77 bits per heavy atom. The van der Waals surface area contributed by atoms with Crippen LogP contribution in [-0.2, 0) is 4.79 Å². The average Bonchev–Trinajstić information content (AvgIpc) is 3.50. The fourth-order valence-electron chi connectivity index (χ4n) is 4.72. The second-order valence-corrected chi connectivity index (χ2v) is 9.68. The number of rotatable bonds is 7. The number of hydrogen-bond acceptors (Lipinski definition) is 4. The lowest BCUT2D eigenvalue weighted by Crippen LogP contribution is -2.52. The van der Waals surface area contributed by atoms with Crippen LogP contribution in [0.25, 0.3) is 6.08 Å². The van der Waals surface area contributed by atoms with Gasteiger partial charge < -0.3 is 16.0 Å². The number of carbonyl (C=O) groups excluding carboxylic acids is 3. The van der Waals surface area contributed by atoms with Crippen LogP contribution in [0.15, 0.2) is 78.2 Å². The first-order valence-electron chi connectivity index (χ1n) is 11.3. The highest BCUT2D eigenvalue weighted by Crippen LogP contribution is 2.45. The highest BCUT2D eigenvalue weighted by Gasteiger charge is 2.55. The Hall–Kier alpha value is -3.42. The first kappa shape index (κ1) is 24.7. The summed E-state index contributed by atoms with van der Waals surface area (Å²) in [7, 11) is 0. The Morgan fingerprint density at radius 1 is 1.06 bits per heavy atom. The summed E-state index contributed by atoms with van der Waals surface area (Å²) in [5.74, 6) is -2.18. The van der Waals surface area contributed by atoms with Gasteiger partial charge in [0.2, 0.25) is 5.91 Å². The molecule has 6 nitrogen and oxygen atoms in total. The Morgan fingerprint density at radius 3 is 2.37 bits per heavy atom. The molecule has 1 aliphatic heterocycles. The predicted molar refractivity (Wildman–Crippen MR) is 139 cm³/mol. The van der Waals surface area contributed by atoms with Crippen molar-refractivity contribution in [2.45, 2.75) is 24.9 Å². The number of hydrogen-bond donors (Lipinski definition) is 2. The molecule has 1 saturated heterocycles. The second-order valence-electron chi connectivity index (χ2n) is 8.30. The summed E-state index contributed by atoms with van der Waals surface area (Å²) in [6.07, 6.45) is 3.69. The molecule has 4 atom stereocenters. The first-order valence-corrected chi connectivity index (χ1v) is 12.6. The molecule has 0 radical (unpaired) electrons. The van der Waals surface area contributed by atoms with Gasteiger partial charge in [-0.15, -0.1) is 11.3 Å². The zero-order valence-corrected chi connectivity index (χ0v) is 20.7. The third-order valence-electron chi connectivity index (χ3n) is 6.18. The molecule has 180 valence electrons. The lowest BCUT2D eigenvalue weighted by Gasteiger charge is -2.28. The van der Waals surface area contributed by atoms with Crippen LogP contribution >= 0.6 is 22.9 Å². The summed E-state index contributed by atoms with van der Waals surface area (Å²) in [6, 6.07) is 18.0. The molecule has 0 bridgehead atoms. The molecule has 4 unspecified atom stereocenters. The number of Topliss-reactive ketones (excluding diaryl/α,β-unsaturated/α-hetero) is 1. The average molecular weight is 508 g/mol. The SMILES string of the molecule is CCNC(=O)N1C(C=Cc2ccccc2)C(C(=O)c2cccs2)C(c2ccc(Cl)cc2)C1C(N)=O. The van der Waals surface area contributed by atoms with E-state index in [1.807, 2.05) is 53.9 Å². The van der Waals surface area contributed by atoms with Crippen molar-refractivity contribution in [2.24, 2.45) is 11.7 Å². The number of likely N-dealkylation sites (tertiary alicyclic amines) is 1. The van der Waals surface area contributed by atoms with E-state index in [2.05, 4.69) is 5.32 Å². The van der Waals surface area contributed by atoms with E-state index in [0.717, 1.165) is 11.1 Å². The Kier molecular flexibility index (Phi) is 7.68. The van der Waals surface area contributed by atoms with Crippen LogP contribution in [0.1, 0.15) is 33.6 Å². The maximum absolute atomic E-state index is 13.9. The summed E-state index contributed by atoms with van der Waals surface area (Å²) < 4.78 is 0. The normalized spacial score (nSPS) is 21.8.